The van der Waals surface area contributed by atoms with Gasteiger partial charge < -0.3 is 25.3 Å². The number of pyridine rings is 1. The minimum Gasteiger partial charge on any atom is -0.448 e. The lowest BCUT2D eigenvalue weighted by Crippen LogP contribution is -2.28. The van der Waals surface area contributed by atoms with Gasteiger partial charge in [-0.05, 0) is 53.3 Å². The van der Waals surface area contributed by atoms with Crippen molar-refractivity contribution >= 4 is 50.8 Å². The van der Waals surface area contributed by atoms with Crippen molar-refractivity contribution in [3.63, 3.8) is 0 Å². The number of aliphatic hydroxyl groups is 2. The molecular weight excluding hydrogens is 468 g/mol. The molecule has 2 heterocycles. The van der Waals surface area contributed by atoms with Gasteiger partial charge in [0.15, 0.2) is 0 Å². The van der Waals surface area contributed by atoms with Crippen LogP contribution in [0.25, 0.3) is 11.0 Å². The van der Waals surface area contributed by atoms with Crippen molar-refractivity contribution in [2.45, 2.75) is 12.5 Å². The topological polar surface area (TPSA) is 108 Å². The van der Waals surface area contributed by atoms with Crippen molar-refractivity contribution < 1.29 is 23.8 Å². The lowest BCUT2D eigenvalue weighted by Gasteiger charge is -2.10. The molecule has 1 unspecified atom stereocenters. The number of furan rings is 1. The number of rotatable bonds is 7. The van der Waals surface area contributed by atoms with Crippen LogP contribution in [0.5, 0.6) is 0 Å². The van der Waals surface area contributed by atoms with Crippen molar-refractivity contribution in [2.75, 3.05) is 18.5 Å². The van der Waals surface area contributed by atoms with Crippen LogP contribution in [0, 0.1) is 9.39 Å². The van der Waals surface area contributed by atoms with Gasteiger partial charge in [0.05, 0.1) is 23.8 Å². The summed E-state index contributed by atoms with van der Waals surface area (Å²) in [6.07, 6.45) is 2.33. The Balaban J connectivity index is 1.90. The zero-order chi connectivity index (χ0) is 19.4. The number of carbonyl (C=O) groups excluding carboxylic acids is 1. The molecule has 7 nitrogen and oxygen atoms in total. The van der Waals surface area contributed by atoms with Crippen LogP contribution >= 0.6 is 22.6 Å². The largest absolute Gasteiger partial charge is 0.448 e. The molecule has 142 valence electrons. The molecule has 2 aromatic heterocycles. The first-order valence-corrected chi connectivity index (χ1v) is 9.23. The summed E-state index contributed by atoms with van der Waals surface area (Å²) in [5.41, 5.74) is 0.934. The van der Waals surface area contributed by atoms with Crippen molar-refractivity contribution in [1.82, 2.24) is 10.3 Å². The summed E-state index contributed by atoms with van der Waals surface area (Å²) >= 11 is 2.01. The lowest BCUT2D eigenvalue weighted by molar-refractivity contribution is 0.0824. The quantitative estimate of drug-likeness (QED) is 0.384. The Labute approximate surface area is 167 Å². The van der Waals surface area contributed by atoms with Gasteiger partial charge in [0.25, 0.3) is 5.91 Å². The molecule has 0 saturated heterocycles. The molecule has 27 heavy (non-hydrogen) atoms. The second kappa shape index (κ2) is 8.63. The van der Waals surface area contributed by atoms with Crippen molar-refractivity contribution in [3.05, 3.63) is 51.8 Å². The van der Waals surface area contributed by atoms with E-state index in [0.717, 1.165) is 3.57 Å². The molecule has 4 N–H and O–H groups in total. The molecule has 0 radical (unpaired) electrons. The van der Waals surface area contributed by atoms with Crippen LogP contribution in [-0.2, 0) is 0 Å². The number of aliphatic hydroxyl groups excluding tert-OH is 2. The molecule has 1 aromatic carbocycles. The summed E-state index contributed by atoms with van der Waals surface area (Å²) < 4.78 is 20.6. The first-order chi connectivity index (χ1) is 13.0. The number of aromatic nitrogens is 1. The smallest absolute Gasteiger partial charge is 0.289 e. The average molecular weight is 485 g/mol. The predicted molar refractivity (Wildman–Crippen MR) is 106 cm³/mol. The normalized spacial score (nSPS) is 12.1. The van der Waals surface area contributed by atoms with E-state index in [9.17, 15) is 14.3 Å². The van der Waals surface area contributed by atoms with Crippen molar-refractivity contribution in [1.29, 1.82) is 0 Å². The molecule has 0 spiro atoms. The number of benzene rings is 1. The number of hydrogen-bond donors (Lipinski definition) is 4. The summed E-state index contributed by atoms with van der Waals surface area (Å²) in [7, 11) is 0. The fraction of sp³-hybridized carbons (Fsp3) is 0.222. The minimum absolute atomic E-state index is 0.0190. The molecule has 0 aliphatic rings. The van der Waals surface area contributed by atoms with Crippen LogP contribution in [0.1, 0.15) is 17.0 Å². The average Bonchev–Trinajstić information content (AvgIpc) is 3.02. The summed E-state index contributed by atoms with van der Waals surface area (Å²) in [6.45, 7) is -0.238. The summed E-state index contributed by atoms with van der Waals surface area (Å²) in [4.78, 5) is 16.6. The van der Waals surface area contributed by atoms with E-state index < -0.39 is 17.8 Å². The highest BCUT2D eigenvalue weighted by Gasteiger charge is 2.22. The molecule has 1 atom stereocenters. The fourth-order valence-corrected chi connectivity index (χ4v) is 2.93. The van der Waals surface area contributed by atoms with Crippen LogP contribution in [0.4, 0.5) is 15.8 Å². The Bertz CT molecular complexity index is 963. The van der Waals surface area contributed by atoms with Gasteiger partial charge in [0.1, 0.15) is 17.1 Å². The minimum atomic E-state index is -0.913. The first-order valence-electron chi connectivity index (χ1n) is 8.15. The van der Waals surface area contributed by atoms with Gasteiger partial charge in [-0.3, -0.25) is 9.78 Å². The molecular formula is C18H17FIN3O4. The maximum atomic E-state index is 14.2. The van der Waals surface area contributed by atoms with Gasteiger partial charge >= 0.3 is 0 Å². The van der Waals surface area contributed by atoms with Crippen LogP contribution in [0.3, 0.4) is 0 Å². The van der Waals surface area contributed by atoms with Gasteiger partial charge in [-0.2, -0.15) is 0 Å². The Hall–Kier alpha value is -2.24. The number of hydrogen-bond acceptors (Lipinski definition) is 6. The molecule has 3 rings (SSSR count). The van der Waals surface area contributed by atoms with E-state index in [4.69, 9.17) is 9.52 Å². The molecule has 0 aliphatic carbocycles. The third-order valence-electron chi connectivity index (χ3n) is 3.86. The maximum Gasteiger partial charge on any atom is 0.289 e. The highest BCUT2D eigenvalue weighted by molar-refractivity contribution is 14.1. The van der Waals surface area contributed by atoms with Gasteiger partial charge in [0, 0.05) is 22.5 Å². The van der Waals surface area contributed by atoms with E-state index in [-0.39, 0.29) is 31.0 Å². The lowest BCUT2D eigenvalue weighted by atomic mass is 10.2. The fourth-order valence-electron chi connectivity index (χ4n) is 2.48. The first kappa shape index (κ1) is 19.5. The monoisotopic (exact) mass is 485 g/mol. The Morgan fingerprint density at radius 3 is 2.93 bits per heavy atom. The Kier molecular flexibility index (Phi) is 6.24. The summed E-state index contributed by atoms with van der Waals surface area (Å²) in [5, 5.41) is 24.3. The number of nitrogens with one attached hydrogen (secondary N) is 2. The van der Waals surface area contributed by atoms with E-state index in [1.807, 2.05) is 22.6 Å². The van der Waals surface area contributed by atoms with E-state index >= 15 is 0 Å². The van der Waals surface area contributed by atoms with Crippen LogP contribution in [0.15, 0.2) is 41.1 Å². The SMILES string of the molecule is O=C(NCCC(O)CO)c1oc2ccncc2c1Nc1ccc(I)cc1F. The number of anilines is 2. The molecule has 0 aliphatic heterocycles. The zero-order valence-corrected chi connectivity index (χ0v) is 16.2. The molecule has 1 amide bonds. The summed E-state index contributed by atoms with van der Waals surface area (Å²) in [5.74, 6) is -1.00. The highest BCUT2D eigenvalue weighted by atomic mass is 127. The van der Waals surface area contributed by atoms with Gasteiger partial charge in [0.2, 0.25) is 5.76 Å². The predicted octanol–water partition coefficient (Wildman–Crippen LogP) is 2.79. The molecule has 9 heteroatoms. The van der Waals surface area contributed by atoms with Gasteiger partial charge in [-0.25, -0.2) is 4.39 Å². The van der Waals surface area contributed by atoms with Gasteiger partial charge in [-0.1, -0.05) is 0 Å². The number of fused-ring (bicyclic) bond motifs is 1. The summed E-state index contributed by atoms with van der Waals surface area (Å²) in [6, 6.07) is 6.30. The number of carbonyl (C=O) groups is 1. The van der Waals surface area contributed by atoms with Gasteiger partial charge in [-0.15, -0.1) is 0 Å². The standard InChI is InChI=1S/C18H17FIN3O4/c19-13-7-10(20)1-2-14(13)23-16-12-8-21-5-4-15(12)27-17(16)18(26)22-6-3-11(25)9-24/h1-2,4-5,7-8,11,23-25H,3,6,9H2,(H,22,26). The number of nitrogens with zero attached hydrogens (tertiary/aromatic N) is 1. The Morgan fingerprint density at radius 1 is 1.37 bits per heavy atom. The van der Waals surface area contributed by atoms with E-state index in [1.54, 1.807) is 18.2 Å². The number of halogens is 2. The number of amides is 1. The molecule has 3 aromatic rings. The molecule has 0 fully saturated rings. The van der Waals surface area contributed by atoms with Crippen LogP contribution in [-0.4, -0.2) is 40.4 Å². The second-order valence-corrected chi connectivity index (χ2v) is 7.05. The second-order valence-electron chi connectivity index (χ2n) is 5.81. The van der Waals surface area contributed by atoms with E-state index in [1.165, 1.54) is 18.5 Å². The third-order valence-corrected chi connectivity index (χ3v) is 4.53. The molecule has 0 saturated carbocycles. The zero-order valence-electron chi connectivity index (χ0n) is 14.1. The Morgan fingerprint density at radius 2 is 2.19 bits per heavy atom. The molecule has 0 bridgehead atoms. The van der Waals surface area contributed by atoms with E-state index in [0.29, 0.717) is 16.7 Å². The maximum absolute atomic E-state index is 14.2. The van der Waals surface area contributed by atoms with Crippen molar-refractivity contribution in [2.24, 2.45) is 0 Å². The van der Waals surface area contributed by atoms with Crippen LogP contribution < -0.4 is 10.6 Å². The highest BCUT2D eigenvalue weighted by Crippen LogP contribution is 2.33. The van der Waals surface area contributed by atoms with E-state index in [2.05, 4.69) is 15.6 Å². The third kappa shape index (κ3) is 4.54. The van der Waals surface area contributed by atoms with Crippen LogP contribution in [0.2, 0.25) is 0 Å². The van der Waals surface area contributed by atoms with Crippen molar-refractivity contribution in [3.8, 4) is 0 Å².